The van der Waals surface area contributed by atoms with Crippen LogP contribution in [0.3, 0.4) is 0 Å². The molecule has 0 aromatic carbocycles. The number of nitrogens with zero attached hydrogens (tertiary/aromatic N) is 3. The van der Waals surface area contributed by atoms with Crippen LogP contribution < -0.4 is 0 Å². The zero-order valence-electron chi connectivity index (χ0n) is 22.0. The molecule has 3 unspecified atom stereocenters. The molecule has 1 aliphatic carbocycles. The molecule has 1 spiro atoms. The predicted octanol–water partition coefficient (Wildman–Crippen LogP) is 2.89. The summed E-state index contributed by atoms with van der Waals surface area (Å²) < 4.78 is 6.64. The lowest BCUT2D eigenvalue weighted by atomic mass is 9.70. The van der Waals surface area contributed by atoms with Crippen LogP contribution >= 0.6 is 15.9 Å². The Bertz CT molecular complexity index is 893. The van der Waals surface area contributed by atoms with E-state index in [1.807, 2.05) is 4.90 Å². The van der Waals surface area contributed by atoms with Gasteiger partial charge >= 0.3 is 0 Å². The first-order valence-electron chi connectivity index (χ1n) is 13.8. The molecule has 9 heteroatoms. The molecule has 4 fully saturated rings. The van der Waals surface area contributed by atoms with Gasteiger partial charge in [0.25, 0.3) is 0 Å². The molecule has 1 saturated carbocycles. The number of hydrogen-bond donors (Lipinski definition) is 1. The van der Waals surface area contributed by atoms with Crippen molar-refractivity contribution >= 4 is 33.7 Å². The van der Waals surface area contributed by atoms with Gasteiger partial charge in [0.15, 0.2) is 0 Å². The second-order valence-electron chi connectivity index (χ2n) is 11.1. The smallest absolute Gasteiger partial charge is 0.248 e. The Morgan fingerprint density at radius 3 is 2.49 bits per heavy atom. The second-order valence-corrected chi connectivity index (χ2v) is 12.2. The van der Waals surface area contributed by atoms with Gasteiger partial charge < -0.3 is 24.5 Å². The number of likely N-dealkylation sites (N-methyl/N-ethyl adjacent to an activating group) is 1. The van der Waals surface area contributed by atoms with Crippen LogP contribution in [0.4, 0.5) is 0 Å². The molecule has 2 bridgehead atoms. The van der Waals surface area contributed by atoms with Crippen LogP contribution in [0.15, 0.2) is 25.3 Å². The normalized spacial score (nSPS) is 32.9. The summed E-state index contributed by atoms with van der Waals surface area (Å²) >= 11 is 3.74. The van der Waals surface area contributed by atoms with Crippen LogP contribution in [0.25, 0.3) is 0 Å². The molecule has 0 aromatic rings. The fourth-order valence-electron chi connectivity index (χ4n) is 7.15. The molecule has 1 N–H and O–H groups in total. The number of halogens is 1. The molecule has 3 saturated heterocycles. The Morgan fingerprint density at radius 2 is 1.84 bits per heavy atom. The first-order chi connectivity index (χ1) is 17.8. The Labute approximate surface area is 229 Å². The van der Waals surface area contributed by atoms with Crippen molar-refractivity contribution in [2.24, 2.45) is 11.8 Å². The van der Waals surface area contributed by atoms with E-state index in [0.29, 0.717) is 38.9 Å². The molecule has 8 nitrogen and oxygen atoms in total. The van der Waals surface area contributed by atoms with E-state index in [4.69, 9.17) is 4.74 Å². The highest BCUT2D eigenvalue weighted by Crippen LogP contribution is 2.60. The highest BCUT2D eigenvalue weighted by molar-refractivity contribution is 9.09. The summed E-state index contributed by atoms with van der Waals surface area (Å²) in [5.74, 6) is -1.71. The van der Waals surface area contributed by atoms with Gasteiger partial charge in [0.05, 0.1) is 17.9 Å². The number of fused-ring (bicyclic) bond motifs is 1. The third-order valence-corrected chi connectivity index (χ3v) is 9.61. The highest BCUT2D eigenvalue weighted by atomic mass is 79.9. The Hall–Kier alpha value is -1.71. The SMILES string of the molecule is C=CCN(C)C(=O)[C@H]1[C@H]2C(=O)N(CCCCCO)C(C(=O)N(CC=C)C3CCCCC3)C23CC(Br)[C@@H]1O3. The number of aliphatic hydroxyl groups excluding tert-OH is 1. The molecular weight excluding hydrogens is 538 g/mol. The fourth-order valence-corrected chi connectivity index (χ4v) is 8.09. The Kier molecular flexibility index (Phi) is 9.17. The maximum absolute atomic E-state index is 14.5. The number of unbranched alkanes of at least 4 members (excludes halogenated alkanes) is 2. The first kappa shape index (κ1) is 28.3. The van der Waals surface area contributed by atoms with Gasteiger partial charge in [-0.3, -0.25) is 14.4 Å². The van der Waals surface area contributed by atoms with Crippen molar-refractivity contribution in [3.8, 4) is 0 Å². The van der Waals surface area contributed by atoms with E-state index in [9.17, 15) is 19.5 Å². The molecule has 3 amide bonds. The lowest BCUT2D eigenvalue weighted by Crippen LogP contribution is -2.58. The van der Waals surface area contributed by atoms with Crippen LogP contribution in [0.5, 0.6) is 0 Å². The van der Waals surface area contributed by atoms with Crippen molar-refractivity contribution < 1.29 is 24.2 Å². The quantitative estimate of drug-likeness (QED) is 0.218. The summed E-state index contributed by atoms with van der Waals surface area (Å²) in [5.41, 5.74) is -1.03. The van der Waals surface area contributed by atoms with E-state index in [1.165, 1.54) is 6.42 Å². The molecule has 37 heavy (non-hydrogen) atoms. The summed E-state index contributed by atoms with van der Waals surface area (Å²) in [4.78, 5) is 47.3. The number of rotatable bonds is 12. The van der Waals surface area contributed by atoms with Crippen LogP contribution in [0.1, 0.15) is 57.8 Å². The monoisotopic (exact) mass is 579 g/mol. The average Bonchev–Trinajstić information content (AvgIpc) is 3.48. The van der Waals surface area contributed by atoms with Gasteiger partial charge in [0.1, 0.15) is 11.6 Å². The summed E-state index contributed by atoms with van der Waals surface area (Å²) in [6.07, 6.45) is 10.8. The van der Waals surface area contributed by atoms with Crippen molar-refractivity contribution in [3.05, 3.63) is 25.3 Å². The number of hydrogen-bond acceptors (Lipinski definition) is 5. The summed E-state index contributed by atoms with van der Waals surface area (Å²) in [7, 11) is 1.72. The third-order valence-electron chi connectivity index (χ3n) is 8.77. The molecule has 6 atom stereocenters. The van der Waals surface area contributed by atoms with E-state index in [0.717, 1.165) is 32.1 Å². The molecule has 0 aromatic heterocycles. The summed E-state index contributed by atoms with van der Waals surface area (Å²) in [5, 5.41) is 9.24. The minimum atomic E-state index is -1.03. The molecule has 0 radical (unpaired) electrons. The molecule has 4 aliphatic rings. The molecule has 3 aliphatic heterocycles. The maximum Gasteiger partial charge on any atom is 0.248 e. The van der Waals surface area contributed by atoms with E-state index in [1.54, 1.807) is 29.0 Å². The molecule has 4 rings (SSSR count). The third kappa shape index (κ3) is 5.03. The van der Waals surface area contributed by atoms with Gasteiger partial charge in [-0.05, 0) is 38.5 Å². The average molecular weight is 581 g/mol. The van der Waals surface area contributed by atoms with Crippen LogP contribution in [-0.4, -0.2) is 99.4 Å². The second kappa shape index (κ2) is 12.0. The number of ether oxygens (including phenoxy) is 1. The number of alkyl halides is 1. The Balaban J connectivity index is 1.71. The number of carbonyl (C=O) groups excluding carboxylic acids is 3. The fraction of sp³-hybridized carbons (Fsp3) is 0.750. The van der Waals surface area contributed by atoms with Crippen molar-refractivity contribution in [1.82, 2.24) is 14.7 Å². The maximum atomic E-state index is 14.5. The van der Waals surface area contributed by atoms with Gasteiger partial charge in [-0.15, -0.1) is 13.2 Å². The van der Waals surface area contributed by atoms with Crippen molar-refractivity contribution in [3.63, 3.8) is 0 Å². The minimum Gasteiger partial charge on any atom is -0.396 e. The van der Waals surface area contributed by atoms with Crippen LogP contribution in [0, 0.1) is 11.8 Å². The van der Waals surface area contributed by atoms with Gasteiger partial charge in [0, 0.05) is 44.2 Å². The largest absolute Gasteiger partial charge is 0.396 e. The summed E-state index contributed by atoms with van der Waals surface area (Å²) in [6, 6.07) is -0.649. The van der Waals surface area contributed by atoms with Crippen molar-refractivity contribution in [2.75, 3.05) is 33.3 Å². The topological polar surface area (TPSA) is 90.4 Å². The van der Waals surface area contributed by atoms with Crippen molar-refractivity contribution in [2.45, 2.75) is 86.4 Å². The standard InChI is InChI=1S/C28H42BrN3O5/c1-4-14-30(3)25(34)21-22-26(35)32(16-10-7-11-17-33)24(28(22)18-20(29)23(21)37-28)27(36)31(15-5-2)19-12-8-6-9-13-19/h4-5,19-24,33H,1-2,6-18H2,3H3/t20?,21-,22-,23-,24?,28?/m0/s1. The van der Waals surface area contributed by atoms with E-state index >= 15 is 0 Å². The lowest BCUT2D eigenvalue weighted by Gasteiger charge is -2.41. The molecule has 206 valence electrons. The van der Waals surface area contributed by atoms with E-state index < -0.39 is 29.6 Å². The van der Waals surface area contributed by atoms with Gasteiger partial charge in [-0.25, -0.2) is 0 Å². The van der Waals surface area contributed by atoms with Gasteiger partial charge in [0.2, 0.25) is 17.7 Å². The van der Waals surface area contributed by atoms with Gasteiger partial charge in [-0.1, -0.05) is 47.3 Å². The van der Waals surface area contributed by atoms with E-state index in [-0.39, 0.29) is 35.2 Å². The minimum absolute atomic E-state index is 0.0855. The number of aliphatic hydroxyl groups is 1. The van der Waals surface area contributed by atoms with Gasteiger partial charge in [-0.2, -0.15) is 0 Å². The first-order valence-corrected chi connectivity index (χ1v) is 14.7. The number of likely N-dealkylation sites (tertiary alicyclic amines) is 1. The zero-order chi connectivity index (χ0) is 26.7. The zero-order valence-corrected chi connectivity index (χ0v) is 23.6. The van der Waals surface area contributed by atoms with Crippen LogP contribution in [-0.2, 0) is 19.1 Å². The number of carbonyl (C=O) groups is 3. The lowest BCUT2D eigenvalue weighted by molar-refractivity contribution is -0.150. The summed E-state index contributed by atoms with van der Waals surface area (Å²) in [6.45, 7) is 8.97. The molecular formula is C28H42BrN3O5. The van der Waals surface area contributed by atoms with Crippen LogP contribution in [0.2, 0.25) is 0 Å². The van der Waals surface area contributed by atoms with E-state index in [2.05, 4.69) is 29.1 Å². The molecule has 3 heterocycles. The van der Waals surface area contributed by atoms with Crippen molar-refractivity contribution in [1.29, 1.82) is 0 Å². The Morgan fingerprint density at radius 1 is 1.14 bits per heavy atom. The number of amides is 3. The highest BCUT2D eigenvalue weighted by Gasteiger charge is 2.76. The predicted molar refractivity (Wildman–Crippen MR) is 145 cm³/mol.